The van der Waals surface area contributed by atoms with E-state index in [1.165, 1.54) is 61.9 Å². The highest BCUT2D eigenvalue weighted by molar-refractivity contribution is 7.12. The van der Waals surface area contributed by atoms with Crippen LogP contribution in [0.5, 0.6) is 0 Å². The number of carboxylic acid groups (broad SMARTS) is 1. The van der Waals surface area contributed by atoms with Crippen molar-refractivity contribution in [2.24, 2.45) is 0 Å². The van der Waals surface area contributed by atoms with Crippen LogP contribution in [0, 0.1) is 0 Å². The first-order valence-electron chi connectivity index (χ1n) is 13.5. The topological polar surface area (TPSA) is 152 Å². The molecule has 1 aliphatic rings. The maximum atomic E-state index is 12.7. The van der Waals surface area contributed by atoms with Crippen LogP contribution in [0.1, 0.15) is 55.2 Å². The van der Waals surface area contributed by atoms with Gasteiger partial charge < -0.3 is 31.4 Å². The van der Waals surface area contributed by atoms with Crippen molar-refractivity contribution in [2.45, 2.75) is 31.8 Å². The molecule has 1 fully saturated rings. The Morgan fingerprint density at radius 3 is 2.38 bits per heavy atom. The van der Waals surface area contributed by atoms with Crippen LogP contribution in [-0.4, -0.2) is 59.5 Å². The summed E-state index contributed by atoms with van der Waals surface area (Å²) in [5.74, 6) is -2.88. The summed E-state index contributed by atoms with van der Waals surface area (Å²) in [6, 6.07) is 13.7. The Hall–Kier alpha value is -4.19. The number of aromatic nitrogens is 1. The minimum atomic E-state index is -1.38. The van der Waals surface area contributed by atoms with Gasteiger partial charge in [-0.1, -0.05) is 36.2 Å². The van der Waals surface area contributed by atoms with Crippen LogP contribution in [0.15, 0.2) is 66.2 Å². The van der Waals surface area contributed by atoms with Gasteiger partial charge in [-0.05, 0) is 73.3 Å². The molecule has 0 radical (unpaired) electrons. The molecule has 42 heavy (non-hydrogen) atoms. The van der Waals surface area contributed by atoms with Gasteiger partial charge >= 0.3 is 5.97 Å². The van der Waals surface area contributed by atoms with Crippen molar-refractivity contribution in [2.75, 3.05) is 19.6 Å². The molecule has 2 aromatic carbocycles. The predicted molar refractivity (Wildman–Crippen MR) is 163 cm³/mol. The molecule has 6 N–H and O–H groups in total. The average Bonchev–Trinajstić information content (AvgIpc) is 3.72. The fraction of sp³-hybridized carbons (Fsp3) is 0.267. The fourth-order valence-electron chi connectivity index (χ4n) is 4.35. The van der Waals surface area contributed by atoms with Gasteiger partial charge in [0.1, 0.15) is 6.04 Å². The fourth-order valence-corrected chi connectivity index (χ4v) is 5.26. The van der Waals surface area contributed by atoms with E-state index in [9.17, 15) is 24.3 Å². The Morgan fingerprint density at radius 2 is 1.74 bits per heavy atom. The molecule has 0 spiro atoms. The van der Waals surface area contributed by atoms with E-state index in [2.05, 4.69) is 26.3 Å². The maximum Gasteiger partial charge on any atom is 0.328 e. The zero-order valence-electron chi connectivity index (χ0n) is 22.7. The summed E-state index contributed by atoms with van der Waals surface area (Å²) in [5.41, 5.74) is 2.15. The van der Waals surface area contributed by atoms with E-state index in [-0.39, 0.29) is 28.6 Å². The number of fused-ring (bicyclic) bond motifs is 1. The largest absolute Gasteiger partial charge is 0.480 e. The molecule has 1 saturated heterocycles. The molecule has 1 atom stereocenters. The van der Waals surface area contributed by atoms with Crippen molar-refractivity contribution < 1.29 is 24.3 Å². The summed E-state index contributed by atoms with van der Waals surface area (Å²) in [4.78, 5) is 52.5. The summed E-state index contributed by atoms with van der Waals surface area (Å²) in [6.07, 6.45) is 6.04. The maximum absolute atomic E-state index is 12.7. The van der Waals surface area contributed by atoms with Crippen molar-refractivity contribution in [1.82, 2.24) is 26.3 Å². The van der Waals surface area contributed by atoms with Crippen LogP contribution in [0.2, 0.25) is 5.02 Å². The Morgan fingerprint density at radius 1 is 0.929 bits per heavy atom. The van der Waals surface area contributed by atoms with Crippen LogP contribution in [0.4, 0.5) is 0 Å². The summed E-state index contributed by atoms with van der Waals surface area (Å²) in [5, 5.41) is 23.1. The van der Waals surface area contributed by atoms with Crippen molar-refractivity contribution in [3.63, 3.8) is 0 Å². The number of carbonyl (C=O) groups excluding carboxylic acids is 3. The lowest BCUT2D eigenvalue weighted by atomic mass is 10.1. The van der Waals surface area contributed by atoms with E-state index >= 15 is 0 Å². The lowest BCUT2D eigenvalue weighted by Gasteiger charge is -2.16. The highest BCUT2D eigenvalue weighted by Crippen LogP contribution is 2.20. The molecule has 5 rings (SSSR count). The van der Waals surface area contributed by atoms with Crippen molar-refractivity contribution >= 4 is 57.5 Å². The van der Waals surface area contributed by atoms with Gasteiger partial charge in [-0.2, -0.15) is 0 Å². The molecular formula is C30H32ClN5O5S. The van der Waals surface area contributed by atoms with Crippen LogP contribution >= 0.6 is 22.9 Å². The zero-order chi connectivity index (χ0) is 29.9. The molecule has 220 valence electrons. The number of hydrogen-bond acceptors (Lipinski definition) is 6. The van der Waals surface area contributed by atoms with E-state index in [0.29, 0.717) is 11.4 Å². The molecule has 10 nitrogen and oxygen atoms in total. The molecule has 1 aliphatic heterocycles. The Balaban J connectivity index is 0.000000600. The average molecular weight is 610 g/mol. The smallest absolute Gasteiger partial charge is 0.328 e. The van der Waals surface area contributed by atoms with E-state index in [4.69, 9.17) is 11.6 Å². The molecule has 3 amide bonds. The molecule has 4 aromatic rings. The highest BCUT2D eigenvalue weighted by Gasteiger charge is 2.23. The Kier molecular flexibility index (Phi) is 11.1. The third-order valence-corrected chi connectivity index (χ3v) is 7.80. The quantitative estimate of drug-likeness (QED) is 0.167. The number of aliphatic carboxylic acids is 1. The van der Waals surface area contributed by atoms with Crippen LogP contribution in [0.3, 0.4) is 0 Å². The minimum absolute atomic E-state index is 0.00106. The Labute approximate surface area is 251 Å². The number of thiophene rings is 1. The van der Waals surface area contributed by atoms with Crippen molar-refractivity contribution in [1.29, 1.82) is 0 Å². The van der Waals surface area contributed by atoms with Gasteiger partial charge in [0.15, 0.2) is 0 Å². The second-order valence-electron chi connectivity index (χ2n) is 9.60. The van der Waals surface area contributed by atoms with Gasteiger partial charge in [-0.25, -0.2) is 4.79 Å². The number of piperidine rings is 1. The lowest BCUT2D eigenvalue weighted by molar-refractivity contribution is -0.139. The first-order chi connectivity index (χ1) is 20.3. The molecule has 0 unspecified atom stereocenters. The van der Waals surface area contributed by atoms with Crippen LogP contribution < -0.4 is 21.3 Å². The van der Waals surface area contributed by atoms with Gasteiger partial charge in [0.25, 0.3) is 17.7 Å². The first-order valence-corrected chi connectivity index (χ1v) is 14.8. The molecule has 12 heteroatoms. The Bertz CT molecular complexity index is 1520. The van der Waals surface area contributed by atoms with Crippen LogP contribution in [-0.2, 0) is 11.3 Å². The predicted octanol–water partition coefficient (Wildman–Crippen LogP) is 4.19. The van der Waals surface area contributed by atoms with Crippen molar-refractivity contribution in [3.05, 3.63) is 92.8 Å². The summed E-state index contributed by atoms with van der Waals surface area (Å²) in [7, 11) is 0. The number of halogens is 1. The molecule has 0 saturated carbocycles. The van der Waals surface area contributed by atoms with E-state index < -0.39 is 23.8 Å². The highest BCUT2D eigenvalue weighted by atomic mass is 35.5. The molecule has 0 bridgehead atoms. The number of carboxylic acids is 1. The number of carbonyl (C=O) groups is 4. The normalized spacial score (nSPS) is 13.4. The number of amides is 3. The standard InChI is InChI=1S/C25H21ClN4O5S.C5H11N/c26-18-11-14(22(31)28-12-15-3-1-4-19-16(15)8-9-27-19)6-7-17(18)23(32)30-20(25(34)35)13-29-24(33)21-5-2-10-36-21;1-2-4-6-5-3-1/h1-11,20,27H,12-13H2,(H,28,31)(H,29,33)(H,30,32)(H,34,35);6H,1-5H2/t20-;/m0./s1. The lowest BCUT2D eigenvalue weighted by Crippen LogP contribution is -2.48. The monoisotopic (exact) mass is 609 g/mol. The third-order valence-electron chi connectivity index (χ3n) is 6.62. The second kappa shape index (κ2) is 15.2. The minimum Gasteiger partial charge on any atom is -0.480 e. The second-order valence-corrected chi connectivity index (χ2v) is 11.0. The summed E-state index contributed by atoms with van der Waals surface area (Å²) < 4.78 is 0. The van der Waals surface area contributed by atoms with Gasteiger partial charge in [-0.3, -0.25) is 14.4 Å². The SMILES string of the molecule is C1CCNCC1.O=C(NCc1cccc2[nH]ccc12)c1ccc(C(=O)N[C@@H](CNC(=O)c2cccs2)C(=O)O)c(Cl)c1. The van der Waals surface area contributed by atoms with Crippen LogP contribution in [0.25, 0.3) is 10.9 Å². The molecule has 3 heterocycles. The number of aromatic amines is 1. The van der Waals surface area contributed by atoms with Gasteiger partial charge in [0, 0.05) is 35.8 Å². The van der Waals surface area contributed by atoms with Gasteiger partial charge in [-0.15, -0.1) is 11.3 Å². The number of hydrogen-bond donors (Lipinski definition) is 6. The molecule has 0 aliphatic carbocycles. The molecular weight excluding hydrogens is 578 g/mol. The van der Waals surface area contributed by atoms with E-state index in [0.717, 1.165) is 16.5 Å². The zero-order valence-corrected chi connectivity index (χ0v) is 24.3. The van der Waals surface area contributed by atoms with E-state index in [1.807, 2.05) is 30.5 Å². The number of nitrogens with one attached hydrogen (secondary N) is 5. The summed E-state index contributed by atoms with van der Waals surface area (Å²) >= 11 is 7.46. The number of H-pyrrole nitrogens is 1. The third kappa shape index (κ3) is 8.41. The van der Waals surface area contributed by atoms with Gasteiger partial charge in [0.05, 0.1) is 15.5 Å². The molecule has 2 aromatic heterocycles. The summed E-state index contributed by atoms with van der Waals surface area (Å²) in [6.45, 7) is 2.48. The van der Waals surface area contributed by atoms with Crippen molar-refractivity contribution in [3.8, 4) is 0 Å². The number of rotatable bonds is 9. The number of benzene rings is 2. The van der Waals surface area contributed by atoms with Gasteiger partial charge in [0.2, 0.25) is 0 Å². The first kappa shape index (κ1) is 30.8. The van der Waals surface area contributed by atoms with E-state index in [1.54, 1.807) is 17.5 Å².